The smallest absolute Gasteiger partial charge is 0.251 e. The summed E-state index contributed by atoms with van der Waals surface area (Å²) in [5.74, 6) is 0.658. The van der Waals surface area contributed by atoms with Crippen LogP contribution in [0.2, 0.25) is 10.0 Å². The number of nitrogens with one attached hydrogen (secondary N) is 1. The van der Waals surface area contributed by atoms with Gasteiger partial charge in [-0.05, 0) is 24.3 Å². The molecule has 1 N–H and O–H groups in total. The van der Waals surface area contributed by atoms with Crippen molar-refractivity contribution in [2.24, 2.45) is 0 Å². The lowest BCUT2D eigenvalue weighted by molar-refractivity contribution is 0.0950. The molecule has 0 unspecified atom stereocenters. The molecule has 0 saturated carbocycles. The average Bonchev–Trinajstić information content (AvgIpc) is 3.18. The zero-order valence-corrected chi connectivity index (χ0v) is 13.8. The number of hydrogen-bond acceptors (Lipinski definition) is 4. The van der Waals surface area contributed by atoms with E-state index >= 15 is 0 Å². The fraction of sp³-hybridized carbons (Fsp3) is 0.125. The molecule has 1 aliphatic heterocycles. The second-order valence-electron chi connectivity index (χ2n) is 5.22. The third kappa shape index (κ3) is 2.74. The van der Waals surface area contributed by atoms with Gasteiger partial charge < -0.3 is 19.2 Å². The third-order valence-electron chi connectivity index (χ3n) is 3.58. The number of benzene rings is 1. The van der Waals surface area contributed by atoms with Gasteiger partial charge in [0, 0.05) is 18.0 Å². The Hall–Kier alpha value is -2.44. The zero-order chi connectivity index (χ0) is 16.7. The van der Waals surface area contributed by atoms with Gasteiger partial charge in [0.2, 0.25) is 6.79 Å². The van der Waals surface area contributed by atoms with Crippen molar-refractivity contribution in [2.45, 2.75) is 6.54 Å². The molecule has 24 heavy (non-hydrogen) atoms. The largest absolute Gasteiger partial charge is 0.454 e. The summed E-state index contributed by atoms with van der Waals surface area (Å²) in [5, 5.41) is 3.77. The van der Waals surface area contributed by atoms with E-state index in [4.69, 9.17) is 32.7 Å². The van der Waals surface area contributed by atoms with Crippen LogP contribution in [0.1, 0.15) is 16.1 Å². The van der Waals surface area contributed by atoms with Gasteiger partial charge in [0.15, 0.2) is 11.5 Å². The highest BCUT2D eigenvalue weighted by Gasteiger charge is 2.20. The first kappa shape index (κ1) is 15.1. The highest BCUT2D eigenvalue weighted by Crippen LogP contribution is 2.39. The molecular weight excluding hydrogens is 353 g/mol. The van der Waals surface area contributed by atoms with Crippen LogP contribution in [0.15, 0.2) is 36.7 Å². The predicted octanol–water partition coefficient (Wildman–Crippen LogP) is 3.30. The minimum absolute atomic E-state index is 0.101. The molecular formula is C16H11Cl2N3O3. The normalized spacial score (nSPS) is 12.6. The monoisotopic (exact) mass is 363 g/mol. The van der Waals surface area contributed by atoms with E-state index in [-0.39, 0.29) is 19.2 Å². The highest BCUT2D eigenvalue weighted by atomic mass is 35.5. The molecule has 6 nitrogen and oxygen atoms in total. The average molecular weight is 364 g/mol. The molecule has 0 fully saturated rings. The molecule has 0 aliphatic carbocycles. The SMILES string of the molecule is O=C(NCc1cn2cc(Cl)ccc2n1)c1cc(Cl)c2c(c1)OCO2. The van der Waals surface area contributed by atoms with Crippen molar-refractivity contribution in [3.8, 4) is 11.5 Å². The van der Waals surface area contributed by atoms with Crippen LogP contribution in [0.4, 0.5) is 0 Å². The van der Waals surface area contributed by atoms with Gasteiger partial charge in [0.05, 0.1) is 22.3 Å². The molecule has 0 radical (unpaired) electrons. The second-order valence-corrected chi connectivity index (χ2v) is 6.06. The van der Waals surface area contributed by atoms with Crippen LogP contribution in [0.3, 0.4) is 0 Å². The molecule has 0 spiro atoms. The van der Waals surface area contributed by atoms with E-state index in [1.165, 1.54) is 0 Å². The summed E-state index contributed by atoms with van der Waals surface area (Å²) in [5.41, 5.74) is 1.88. The summed E-state index contributed by atoms with van der Waals surface area (Å²) in [7, 11) is 0. The number of hydrogen-bond donors (Lipinski definition) is 1. The Morgan fingerprint density at radius 3 is 3.00 bits per heavy atom. The summed E-state index contributed by atoms with van der Waals surface area (Å²) >= 11 is 12.0. The minimum Gasteiger partial charge on any atom is -0.454 e. The van der Waals surface area contributed by atoms with Crippen molar-refractivity contribution < 1.29 is 14.3 Å². The standard InChI is InChI=1S/C16H11Cl2N3O3/c17-10-1-2-14-20-11(7-21(14)6-10)5-19-16(22)9-3-12(18)15-13(4-9)23-8-24-15/h1-4,6-7H,5,8H2,(H,19,22). The molecule has 3 heterocycles. The first-order valence-electron chi connectivity index (χ1n) is 7.10. The molecule has 122 valence electrons. The molecule has 0 atom stereocenters. The van der Waals surface area contributed by atoms with Crippen molar-refractivity contribution >= 4 is 34.8 Å². The Bertz CT molecular complexity index is 955. The van der Waals surface area contributed by atoms with Crippen molar-refractivity contribution in [2.75, 3.05) is 6.79 Å². The van der Waals surface area contributed by atoms with Crippen molar-refractivity contribution in [1.29, 1.82) is 0 Å². The number of aromatic nitrogens is 2. The van der Waals surface area contributed by atoms with Gasteiger partial charge in [-0.1, -0.05) is 23.2 Å². The van der Waals surface area contributed by atoms with E-state index in [2.05, 4.69) is 10.3 Å². The molecule has 1 aliphatic rings. The lowest BCUT2D eigenvalue weighted by Gasteiger charge is -2.06. The van der Waals surface area contributed by atoms with Crippen molar-refractivity contribution in [1.82, 2.24) is 14.7 Å². The molecule has 1 amide bonds. The number of carbonyl (C=O) groups is 1. The summed E-state index contributed by atoms with van der Waals surface area (Å²) in [6.45, 7) is 0.383. The molecule has 3 aromatic rings. The molecule has 2 aromatic heterocycles. The van der Waals surface area contributed by atoms with Crippen molar-refractivity contribution in [3.63, 3.8) is 0 Å². The van der Waals surface area contributed by atoms with Crippen LogP contribution in [-0.4, -0.2) is 22.1 Å². The Morgan fingerprint density at radius 2 is 2.12 bits per heavy atom. The first-order chi connectivity index (χ1) is 11.6. The van der Waals surface area contributed by atoms with Gasteiger partial charge in [0.1, 0.15) is 5.65 Å². The van der Waals surface area contributed by atoms with E-state index in [1.54, 1.807) is 28.8 Å². The lowest BCUT2D eigenvalue weighted by Crippen LogP contribution is -2.22. The van der Waals surface area contributed by atoms with E-state index < -0.39 is 0 Å². The summed E-state index contributed by atoms with van der Waals surface area (Å²) in [6.07, 6.45) is 3.57. The summed E-state index contributed by atoms with van der Waals surface area (Å²) in [4.78, 5) is 16.7. The fourth-order valence-electron chi connectivity index (χ4n) is 2.47. The Morgan fingerprint density at radius 1 is 1.25 bits per heavy atom. The third-order valence-corrected chi connectivity index (χ3v) is 4.09. The van der Waals surface area contributed by atoms with E-state index in [1.807, 2.05) is 12.3 Å². The van der Waals surface area contributed by atoms with E-state index in [0.29, 0.717) is 27.1 Å². The van der Waals surface area contributed by atoms with Gasteiger partial charge in [-0.2, -0.15) is 0 Å². The number of rotatable bonds is 3. The highest BCUT2D eigenvalue weighted by molar-refractivity contribution is 6.32. The van der Waals surface area contributed by atoms with Gasteiger partial charge in [-0.15, -0.1) is 0 Å². The van der Waals surface area contributed by atoms with Gasteiger partial charge in [-0.25, -0.2) is 4.98 Å². The van der Waals surface area contributed by atoms with Gasteiger partial charge in [-0.3, -0.25) is 4.79 Å². The summed E-state index contributed by atoms with van der Waals surface area (Å²) < 4.78 is 12.3. The topological polar surface area (TPSA) is 64.9 Å². The molecule has 0 bridgehead atoms. The minimum atomic E-state index is -0.273. The maximum absolute atomic E-state index is 12.3. The first-order valence-corrected chi connectivity index (χ1v) is 7.86. The summed E-state index contributed by atoms with van der Waals surface area (Å²) in [6, 6.07) is 6.73. The Balaban J connectivity index is 1.50. The van der Waals surface area contributed by atoms with Crippen molar-refractivity contribution in [3.05, 3.63) is 58.0 Å². The van der Waals surface area contributed by atoms with Crippen LogP contribution >= 0.6 is 23.2 Å². The number of halogens is 2. The van der Waals surface area contributed by atoms with Crippen LogP contribution in [-0.2, 0) is 6.54 Å². The Kier molecular flexibility index (Phi) is 3.70. The van der Waals surface area contributed by atoms with Gasteiger partial charge >= 0.3 is 0 Å². The van der Waals surface area contributed by atoms with Crippen LogP contribution in [0.25, 0.3) is 5.65 Å². The molecule has 0 saturated heterocycles. The number of nitrogens with zero attached hydrogens (tertiary/aromatic N) is 2. The number of fused-ring (bicyclic) bond motifs is 2. The van der Waals surface area contributed by atoms with Crippen LogP contribution < -0.4 is 14.8 Å². The fourth-order valence-corrected chi connectivity index (χ4v) is 2.91. The van der Waals surface area contributed by atoms with E-state index in [9.17, 15) is 4.79 Å². The molecule has 8 heteroatoms. The number of carbonyl (C=O) groups excluding carboxylic acids is 1. The van der Waals surface area contributed by atoms with E-state index in [0.717, 1.165) is 11.3 Å². The van der Waals surface area contributed by atoms with Gasteiger partial charge in [0.25, 0.3) is 5.91 Å². The number of ether oxygens (including phenoxy) is 2. The molecule has 4 rings (SSSR count). The van der Waals surface area contributed by atoms with Crippen LogP contribution in [0, 0.1) is 0 Å². The second kappa shape index (κ2) is 5.89. The molecule has 1 aromatic carbocycles. The maximum atomic E-state index is 12.3. The predicted molar refractivity (Wildman–Crippen MR) is 88.9 cm³/mol. The lowest BCUT2D eigenvalue weighted by atomic mass is 10.2. The quantitative estimate of drug-likeness (QED) is 0.775. The number of pyridine rings is 1. The Labute approximate surface area is 146 Å². The number of amides is 1. The maximum Gasteiger partial charge on any atom is 0.251 e. The van der Waals surface area contributed by atoms with Crippen LogP contribution in [0.5, 0.6) is 11.5 Å². The zero-order valence-electron chi connectivity index (χ0n) is 12.3. The number of imidazole rings is 1.